The number of amides is 4. The zero-order valence-corrected chi connectivity index (χ0v) is 32.0. The van der Waals surface area contributed by atoms with Gasteiger partial charge in [0.2, 0.25) is 5.91 Å². The number of hydrogen-bond acceptors (Lipinski definition) is 8. The highest BCUT2D eigenvalue weighted by Crippen LogP contribution is 2.44. The second-order valence-electron chi connectivity index (χ2n) is 14.7. The number of rotatable bonds is 13. The SMILES string of the molecule is CCC(Cl)C(Nc1ccc(O)c(C(=O)N(C(C)=O)c2ccccc2)c1)(Oc1ccc(C(C)(C)CC)cc1C(C)(C)CC)N1C(=O)OC(C)(C)C1=O. The number of aromatic hydroxyl groups is 1. The van der Waals surface area contributed by atoms with E-state index in [0.717, 1.165) is 33.8 Å². The summed E-state index contributed by atoms with van der Waals surface area (Å²) in [5.74, 6) is -4.16. The Labute approximate surface area is 306 Å². The molecule has 3 aromatic rings. The molecule has 1 aliphatic heterocycles. The van der Waals surface area contributed by atoms with E-state index in [4.69, 9.17) is 21.1 Å². The fourth-order valence-corrected chi connectivity index (χ4v) is 6.09. The summed E-state index contributed by atoms with van der Waals surface area (Å²) >= 11 is 7.17. The maximum atomic E-state index is 14.1. The number of benzene rings is 3. The zero-order valence-electron chi connectivity index (χ0n) is 31.2. The number of phenols is 1. The molecule has 1 aliphatic rings. The molecule has 11 heteroatoms. The topological polar surface area (TPSA) is 125 Å². The molecule has 0 spiro atoms. The third-order valence-corrected chi connectivity index (χ3v) is 10.6. The van der Waals surface area contributed by atoms with E-state index in [1.54, 1.807) is 37.3 Å². The number of nitrogens with one attached hydrogen (secondary N) is 1. The summed E-state index contributed by atoms with van der Waals surface area (Å²) < 4.78 is 12.5. The molecule has 2 atom stereocenters. The predicted molar refractivity (Wildman–Crippen MR) is 199 cm³/mol. The van der Waals surface area contributed by atoms with Crippen LogP contribution >= 0.6 is 11.6 Å². The summed E-state index contributed by atoms with van der Waals surface area (Å²) in [6, 6.07) is 18.3. The highest BCUT2D eigenvalue weighted by Gasteiger charge is 2.61. The summed E-state index contributed by atoms with van der Waals surface area (Å²) in [5.41, 5.74) is 0.107. The molecule has 3 aromatic carbocycles. The van der Waals surface area contributed by atoms with Crippen LogP contribution in [0.5, 0.6) is 11.5 Å². The molecule has 0 aliphatic carbocycles. The lowest BCUT2D eigenvalue weighted by atomic mass is 9.76. The Balaban J connectivity index is 1.96. The van der Waals surface area contributed by atoms with Crippen molar-refractivity contribution in [2.75, 3.05) is 10.2 Å². The van der Waals surface area contributed by atoms with Crippen LogP contribution in [-0.2, 0) is 25.2 Å². The smallest absolute Gasteiger partial charge is 0.422 e. The summed E-state index contributed by atoms with van der Waals surface area (Å²) in [4.78, 5) is 56.2. The number of carbonyl (C=O) groups is 4. The average Bonchev–Trinajstić information content (AvgIpc) is 3.30. The van der Waals surface area contributed by atoms with Crippen LogP contribution in [0.1, 0.15) is 110 Å². The van der Waals surface area contributed by atoms with Gasteiger partial charge < -0.3 is 19.9 Å². The number of anilines is 2. The molecule has 0 saturated carbocycles. The van der Waals surface area contributed by atoms with Crippen LogP contribution in [0.2, 0.25) is 0 Å². The Morgan fingerprint density at radius 1 is 0.961 bits per heavy atom. The molecule has 1 saturated heterocycles. The van der Waals surface area contributed by atoms with Crippen molar-refractivity contribution in [3.63, 3.8) is 0 Å². The van der Waals surface area contributed by atoms with E-state index in [-0.39, 0.29) is 23.1 Å². The van der Waals surface area contributed by atoms with Crippen molar-refractivity contribution < 1.29 is 33.8 Å². The third-order valence-electron chi connectivity index (χ3n) is 9.96. The van der Waals surface area contributed by atoms with Gasteiger partial charge in [-0.1, -0.05) is 78.8 Å². The molecule has 0 bridgehead atoms. The van der Waals surface area contributed by atoms with Gasteiger partial charge in [0.05, 0.1) is 11.3 Å². The number of para-hydroxylation sites is 1. The number of halogens is 1. The number of phenolic OH excluding ortho intramolecular Hbond substituents is 1. The van der Waals surface area contributed by atoms with Gasteiger partial charge >= 0.3 is 6.09 Å². The van der Waals surface area contributed by atoms with Crippen LogP contribution in [0.15, 0.2) is 66.7 Å². The van der Waals surface area contributed by atoms with Gasteiger partial charge in [0.25, 0.3) is 17.7 Å². The molecule has 2 N–H and O–H groups in total. The van der Waals surface area contributed by atoms with Gasteiger partial charge in [0.15, 0.2) is 5.60 Å². The molecule has 1 heterocycles. The minimum absolute atomic E-state index is 0.147. The number of imide groups is 2. The highest BCUT2D eigenvalue weighted by molar-refractivity contribution is 6.22. The van der Waals surface area contributed by atoms with Crippen molar-refractivity contribution >= 4 is 46.8 Å². The van der Waals surface area contributed by atoms with Crippen LogP contribution in [-0.4, -0.2) is 50.6 Å². The van der Waals surface area contributed by atoms with Gasteiger partial charge in [-0.2, -0.15) is 4.90 Å². The largest absolute Gasteiger partial charge is 0.507 e. The Hall–Kier alpha value is -4.57. The van der Waals surface area contributed by atoms with E-state index in [1.807, 2.05) is 12.1 Å². The first-order valence-corrected chi connectivity index (χ1v) is 17.8. The summed E-state index contributed by atoms with van der Waals surface area (Å²) in [5, 5.41) is 13.0. The van der Waals surface area contributed by atoms with Crippen molar-refractivity contribution in [1.82, 2.24) is 4.90 Å². The molecule has 2 unspecified atom stereocenters. The van der Waals surface area contributed by atoms with E-state index in [2.05, 4.69) is 52.9 Å². The molecule has 10 nitrogen and oxygen atoms in total. The molecule has 0 aromatic heterocycles. The molecule has 51 heavy (non-hydrogen) atoms. The first-order valence-electron chi connectivity index (χ1n) is 17.3. The molecule has 0 radical (unpaired) electrons. The molecule has 4 rings (SSSR count). The van der Waals surface area contributed by atoms with Crippen LogP contribution in [0.25, 0.3) is 0 Å². The first-order chi connectivity index (χ1) is 23.8. The third kappa shape index (κ3) is 7.56. The fourth-order valence-electron chi connectivity index (χ4n) is 5.89. The van der Waals surface area contributed by atoms with E-state index < -0.39 is 51.8 Å². The Kier molecular flexibility index (Phi) is 11.2. The predicted octanol–water partition coefficient (Wildman–Crippen LogP) is 8.88. The van der Waals surface area contributed by atoms with Crippen molar-refractivity contribution in [2.24, 2.45) is 0 Å². The van der Waals surface area contributed by atoms with E-state index in [9.17, 15) is 24.3 Å². The first kappa shape index (κ1) is 39.2. The van der Waals surface area contributed by atoms with Gasteiger partial charge in [-0.15, -0.1) is 11.6 Å². The Bertz CT molecular complexity index is 1810. The molecule has 274 valence electrons. The normalized spacial score (nSPS) is 16.3. The van der Waals surface area contributed by atoms with E-state index in [1.165, 1.54) is 39.0 Å². The van der Waals surface area contributed by atoms with Crippen molar-refractivity contribution in [2.45, 2.75) is 116 Å². The second-order valence-corrected chi connectivity index (χ2v) is 15.3. The maximum Gasteiger partial charge on any atom is 0.422 e. The summed E-state index contributed by atoms with van der Waals surface area (Å²) in [7, 11) is 0. The number of cyclic esters (lactones) is 1. The van der Waals surface area contributed by atoms with Crippen LogP contribution in [0.3, 0.4) is 0 Å². The zero-order chi connectivity index (χ0) is 38.1. The number of carbonyl (C=O) groups excluding carboxylic acids is 4. The summed E-state index contributed by atoms with van der Waals surface area (Å²) in [6.07, 6.45) is 0.877. The lowest BCUT2D eigenvalue weighted by Gasteiger charge is -2.44. The maximum absolute atomic E-state index is 14.1. The minimum atomic E-state index is -2.10. The number of alkyl halides is 1. The van der Waals surface area contributed by atoms with E-state index in [0.29, 0.717) is 11.4 Å². The molecular weight excluding hydrogens is 670 g/mol. The quantitative estimate of drug-likeness (QED) is 0.102. The average molecular weight is 720 g/mol. The molecule has 1 fully saturated rings. The van der Waals surface area contributed by atoms with Crippen LogP contribution < -0.4 is 15.0 Å². The van der Waals surface area contributed by atoms with Crippen LogP contribution in [0.4, 0.5) is 16.2 Å². The van der Waals surface area contributed by atoms with E-state index >= 15 is 0 Å². The van der Waals surface area contributed by atoms with Gasteiger partial charge in [-0.25, -0.2) is 9.69 Å². The van der Waals surface area contributed by atoms with Crippen molar-refractivity contribution in [3.8, 4) is 11.5 Å². The minimum Gasteiger partial charge on any atom is -0.507 e. The second kappa shape index (κ2) is 14.6. The standard InChI is InChI=1S/C40H50ClN3O7/c1-11-33(41)40(44-35(48)39(9,10)51-36(44)49,50-32-22-19-26(37(5,6)12-2)23-30(32)38(7,8)13-3)42-27-20-21-31(46)29(24-27)34(47)43(25(4)45)28-17-15-14-16-18-28/h14-24,33,42,46H,11-13H2,1-10H3. The monoisotopic (exact) mass is 719 g/mol. The lowest BCUT2D eigenvalue weighted by molar-refractivity contribution is -0.145. The highest BCUT2D eigenvalue weighted by atomic mass is 35.5. The van der Waals surface area contributed by atoms with Crippen molar-refractivity contribution in [3.05, 3.63) is 83.4 Å². The van der Waals surface area contributed by atoms with Gasteiger partial charge in [-0.3, -0.25) is 14.4 Å². The number of ether oxygens (including phenoxy) is 2. The molecule has 4 amide bonds. The Morgan fingerprint density at radius 2 is 1.59 bits per heavy atom. The number of hydrogen-bond donors (Lipinski definition) is 2. The number of nitrogens with zero attached hydrogens (tertiary/aromatic N) is 2. The molecular formula is C40H50ClN3O7. The summed E-state index contributed by atoms with van der Waals surface area (Å²) in [6.45, 7) is 18.7. The Morgan fingerprint density at radius 3 is 2.12 bits per heavy atom. The van der Waals surface area contributed by atoms with Crippen LogP contribution in [0, 0.1) is 0 Å². The van der Waals surface area contributed by atoms with Gasteiger partial charge in [0, 0.05) is 18.2 Å². The van der Waals surface area contributed by atoms with Crippen molar-refractivity contribution in [1.29, 1.82) is 0 Å². The lowest BCUT2D eigenvalue weighted by Crippen LogP contribution is -2.66. The van der Waals surface area contributed by atoms with Gasteiger partial charge in [-0.05, 0) is 85.9 Å². The van der Waals surface area contributed by atoms with Gasteiger partial charge in [0.1, 0.15) is 16.9 Å². The fraction of sp³-hybridized carbons (Fsp3) is 0.450.